The van der Waals surface area contributed by atoms with E-state index in [1.807, 2.05) is 65.4 Å². The number of ether oxygens (including phenoxy) is 4. The molecule has 2 aliphatic rings. The second kappa shape index (κ2) is 9.38. The number of methoxy groups -OCH3 is 2. The molecule has 1 aliphatic carbocycles. The van der Waals surface area contributed by atoms with Crippen molar-refractivity contribution in [2.45, 2.75) is 36.2 Å². The van der Waals surface area contributed by atoms with E-state index in [1.165, 1.54) is 7.11 Å². The van der Waals surface area contributed by atoms with Gasteiger partial charge in [-0.2, -0.15) is 0 Å². The van der Waals surface area contributed by atoms with E-state index in [4.69, 9.17) is 18.9 Å². The number of hydrogen-bond donors (Lipinski definition) is 2. The summed E-state index contributed by atoms with van der Waals surface area (Å²) >= 11 is 0. The van der Waals surface area contributed by atoms with Crippen molar-refractivity contribution < 1.29 is 29.2 Å². The zero-order chi connectivity index (χ0) is 26.3. The van der Waals surface area contributed by atoms with E-state index in [1.54, 1.807) is 31.8 Å². The molecule has 1 saturated carbocycles. The molecule has 0 amide bonds. The lowest BCUT2D eigenvalue weighted by molar-refractivity contribution is -0.150. The standard InChI is InChI=1S/C30H30N2O6/c1-35-23-16-25(36-2)28-26(17-23)38-30(24(18-27(33)29(28,30)34)20-6-4-3-5-7-20)21-8-10-22(11-9-21)37-15-14-32-13-12-31-19-32/h3-13,16-17,19,24,27,33-34H,14-15,18H2,1-2H3/t24-,27+,29+,30-/m0/s1. The highest BCUT2D eigenvalue weighted by Crippen LogP contribution is 2.68. The summed E-state index contributed by atoms with van der Waals surface area (Å²) < 4.78 is 25.8. The van der Waals surface area contributed by atoms with Gasteiger partial charge in [0.1, 0.15) is 29.6 Å². The molecule has 38 heavy (non-hydrogen) atoms. The van der Waals surface area contributed by atoms with Crippen LogP contribution in [0.1, 0.15) is 29.0 Å². The van der Waals surface area contributed by atoms with Crippen molar-refractivity contribution in [3.63, 3.8) is 0 Å². The van der Waals surface area contributed by atoms with Crippen molar-refractivity contribution in [2.75, 3.05) is 20.8 Å². The Morgan fingerprint density at radius 3 is 2.50 bits per heavy atom. The fourth-order valence-electron chi connectivity index (χ4n) is 6.07. The Balaban J connectivity index is 1.44. The Bertz CT molecular complexity index is 1410. The molecule has 0 unspecified atom stereocenters. The van der Waals surface area contributed by atoms with Gasteiger partial charge in [0.2, 0.25) is 0 Å². The highest BCUT2D eigenvalue weighted by Gasteiger charge is 2.73. The molecule has 8 nitrogen and oxygen atoms in total. The monoisotopic (exact) mass is 514 g/mol. The number of aliphatic hydroxyl groups is 2. The summed E-state index contributed by atoms with van der Waals surface area (Å²) in [4.78, 5) is 4.05. The topological polar surface area (TPSA) is 95.2 Å². The minimum absolute atomic E-state index is 0.304. The van der Waals surface area contributed by atoms with E-state index in [9.17, 15) is 10.2 Å². The zero-order valence-electron chi connectivity index (χ0n) is 21.3. The first-order valence-corrected chi connectivity index (χ1v) is 12.6. The number of aliphatic hydroxyl groups excluding tert-OH is 1. The summed E-state index contributed by atoms with van der Waals surface area (Å²) in [5, 5.41) is 24.1. The van der Waals surface area contributed by atoms with E-state index in [-0.39, 0.29) is 5.92 Å². The van der Waals surface area contributed by atoms with Crippen molar-refractivity contribution in [3.8, 4) is 23.0 Å². The van der Waals surface area contributed by atoms with Gasteiger partial charge in [-0.05, 0) is 29.7 Å². The first-order valence-electron chi connectivity index (χ1n) is 12.6. The lowest BCUT2D eigenvalue weighted by Crippen LogP contribution is -2.52. The minimum Gasteiger partial charge on any atom is -0.496 e. The van der Waals surface area contributed by atoms with Crippen molar-refractivity contribution >= 4 is 0 Å². The zero-order valence-corrected chi connectivity index (χ0v) is 21.3. The summed E-state index contributed by atoms with van der Waals surface area (Å²) in [5.74, 6) is 1.70. The van der Waals surface area contributed by atoms with Gasteiger partial charge in [-0.3, -0.25) is 0 Å². The molecule has 6 rings (SSSR count). The summed E-state index contributed by atoms with van der Waals surface area (Å²) in [6, 6.07) is 20.8. The van der Waals surface area contributed by atoms with Gasteiger partial charge in [0, 0.05) is 30.4 Å². The Morgan fingerprint density at radius 1 is 1.03 bits per heavy atom. The molecule has 1 aliphatic heterocycles. The van der Waals surface area contributed by atoms with E-state index in [0.717, 1.165) is 11.1 Å². The van der Waals surface area contributed by atoms with Crippen LogP contribution in [0.2, 0.25) is 0 Å². The highest BCUT2D eigenvalue weighted by atomic mass is 16.5. The minimum atomic E-state index is -1.77. The van der Waals surface area contributed by atoms with Crippen LogP contribution < -0.4 is 18.9 Å². The maximum absolute atomic E-state index is 12.5. The Kier molecular flexibility index (Phi) is 6.01. The molecule has 0 spiro atoms. The molecule has 8 heteroatoms. The second-order valence-electron chi connectivity index (χ2n) is 9.70. The fraction of sp³-hybridized carbons (Fsp3) is 0.300. The third-order valence-corrected chi connectivity index (χ3v) is 7.81. The largest absolute Gasteiger partial charge is 0.496 e. The van der Waals surface area contributed by atoms with Crippen molar-refractivity contribution in [1.82, 2.24) is 9.55 Å². The van der Waals surface area contributed by atoms with Crippen molar-refractivity contribution in [2.24, 2.45) is 0 Å². The van der Waals surface area contributed by atoms with Crippen LogP contribution in [0.25, 0.3) is 0 Å². The maximum atomic E-state index is 12.5. The molecule has 1 fully saturated rings. The van der Waals surface area contributed by atoms with Crippen LogP contribution in [0, 0.1) is 0 Å². The summed E-state index contributed by atoms with van der Waals surface area (Å²) in [6.07, 6.45) is 4.57. The number of nitrogens with zero attached hydrogens (tertiary/aromatic N) is 2. The van der Waals surface area contributed by atoms with Gasteiger partial charge in [-0.25, -0.2) is 4.98 Å². The van der Waals surface area contributed by atoms with Crippen LogP contribution in [0.5, 0.6) is 23.0 Å². The SMILES string of the molecule is COc1cc(OC)c2c(c1)O[C@@]1(c3ccc(OCCn4ccnc4)cc3)[C@H](c3ccccc3)C[C@@H](O)[C@@]21O. The Hall–Kier alpha value is -4.01. The Morgan fingerprint density at radius 2 is 1.82 bits per heavy atom. The number of hydrogen-bond acceptors (Lipinski definition) is 7. The van der Waals surface area contributed by atoms with E-state index >= 15 is 0 Å². The van der Waals surface area contributed by atoms with Crippen LogP contribution in [0.15, 0.2) is 85.5 Å². The van der Waals surface area contributed by atoms with Gasteiger partial charge in [-0.15, -0.1) is 0 Å². The molecular formula is C30H30N2O6. The lowest BCUT2D eigenvalue weighted by Gasteiger charge is -2.40. The second-order valence-corrected chi connectivity index (χ2v) is 9.70. The fourth-order valence-corrected chi connectivity index (χ4v) is 6.07. The molecule has 0 radical (unpaired) electrons. The van der Waals surface area contributed by atoms with Gasteiger partial charge in [0.25, 0.3) is 0 Å². The first kappa shape index (κ1) is 24.3. The molecule has 4 aromatic rings. The van der Waals surface area contributed by atoms with Gasteiger partial charge >= 0.3 is 0 Å². The van der Waals surface area contributed by atoms with Crippen LogP contribution in [-0.2, 0) is 17.7 Å². The maximum Gasteiger partial charge on any atom is 0.176 e. The number of aromatic nitrogens is 2. The van der Waals surface area contributed by atoms with Crippen LogP contribution >= 0.6 is 0 Å². The summed E-state index contributed by atoms with van der Waals surface area (Å²) in [7, 11) is 3.10. The predicted molar refractivity (Wildman–Crippen MR) is 140 cm³/mol. The van der Waals surface area contributed by atoms with E-state index in [0.29, 0.717) is 48.1 Å². The quantitative estimate of drug-likeness (QED) is 0.367. The summed E-state index contributed by atoms with van der Waals surface area (Å²) in [6.45, 7) is 1.16. The predicted octanol–water partition coefficient (Wildman–Crippen LogP) is 4.00. The molecule has 3 aromatic carbocycles. The molecule has 0 saturated heterocycles. The molecule has 4 atom stereocenters. The van der Waals surface area contributed by atoms with Crippen molar-refractivity contribution in [3.05, 3.63) is 102 Å². The third-order valence-electron chi connectivity index (χ3n) is 7.81. The normalized spacial score (nSPS) is 25.4. The Labute approximate surface area is 221 Å². The van der Waals surface area contributed by atoms with Gasteiger partial charge in [-0.1, -0.05) is 42.5 Å². The summed E-state index contributed by atoms with van der Waals surface area (Å²) in [5.41, 5.74) is -0.978. The average Bonchev–Trinajstić information content (AvgIpc) is 3.62. The van der Waals surface area contributed by atoms with E-state index < -0.39 is 17.3 Å². The smallest absolute Gasteiger partial charge is 0.176 e. The molecular weight excluding hydrogens is 484 g/mol. The molecule has 1 aromatic heterocycles. The van der Waals surface area contributed by atoms with Gasteiger partial charge in [0.15, 0.2) is 11.2 Å². The molecule has 2 N–H and O–H groups in total. The van der Waals surface area contributed by atoms with Crippen LogP contribution in [0.3, 0.4) is 0 Å². The number of rotatable bonds is 8. The molecule has 196 valence electrons. The third kappa shape index (κ3) is 3.55. The van der Waals surface area contributed by atoms with Crippen molar-refractivity contribution in [1.29, 1.82) is 0 Å². The van der Waals surface area contributed by atoms with Crippen LogP contribution in [-0.4, -0.2) is 46.7 Å². The number of imidazole rings is 1. The first-order chi connectivity index (χ1) is 18.5. The van der Waals surface area contributed by atoms with Gasteiger partial charge in [0.05, 0.1) is 38.8 Å². The van der Waals surface area contributed by atoms with E-state index in [2.05, 4.69) is 4.98 Å². The molecule has 0 bridgehead atoms. The number of fused-ring (bicyclic) bond motifs is 3. The van der Waals surface area contributed by atoms with Crippen LogP contribution in [0.4, 0.5) is 0 Å². The highest BCUT2D eigenvalue weighted by molar-refractivity contribution is 5.62. The van der Waals surface area contributed by atoms with Gasteiger partial charge < -0.3 is 33.7 Å². The number of benzene rings is 3. The average molecular weight is 515 g/mol. The molecule has 2 heterocycles. The lowest BCUT2D eigenvalue weighted by atomic mass is 9.71.